The van der Waals surface area contributed by atoms with Gasteiger partial charge in [-0.2, -0.15) is 0 Å². The molecule has 3 heterocycles. The molecule has 4 rings (SSSR count). The third kappa shape index (κ3) is 4.92. The SMILES string of the molecule is Cc1cc(C)nc(-c2csc(NC(=O)c3ccc(=O)n(Cc4ccc(F)cc4)c3)n2)c1. The summed E-state index contributed by atoms with van der Waals surface area (Å²) >= 11 is 1.30. The number of aromatic nitrogens is 3. The Morgan fingerprint density at radius 3 is 2.58 bits per heavy atom. The number of nitrogens with one attached hydrogen (secondary N) is 1. The van der Waals surface area contributed by atoms with Crippen LogP contribution in [0.4, 0.5) is 9.52 Å². The molecule has 0 fully saturated rings. The van der Waals surface area contributed by atoms with E-state index in [-0.39, 0.29) is 23.8 Å². The highest BCUT2D eigenvalue weighted by atomic mass is 32.1. The molecule has 31 heavy (non-hydrogen) atoms. The van der Waals surface area contributed by atoms with Crippen molar-refractivity contribution in [2.75, 3.05) is 5.32 Å². The number of benzene rings is 1. The normalized spacial score (nSPS) is 10.8. The van der Waals surface area contributed by atoms with Crippen molar-refractivity contribution in [3.8, 4) is 11.4 Å². The minimum Gasteiger partial charge on any atom is -0.310 e. The second-order valence-electron chi connectivity index (χ2n) is 7.17. The molecule has 4 aromatic rings. The van der Waals surface area contributed by atoms with Gasteiger partial charge < -0.3 is 4.57 Å². The van der Waals surface area contributed by atoms with Crippen molar-refractivity contribution in [1.29, 1.82) is 0 Å². The summed E-state index contributed by atoms with van der Waals surface area (Å²) in [6.07, 6.45) is 1.49. The van der Waals surface area contributed by atoms with E-state index in [1.807, 2.05) is 31.4 Å². The number of amides is 1. The number of hydrogen-bond donors (Lipinski definition) is 1. The van der Waals surface area contributed by atoms with Crippen LogP contribution < -0.4 is 10.9 Å². The van der Waals surface area contributed by atoms with Crippen LogP contribution in [0.5, 0.6) is 0 Å². The molecule has 3 aromatic heterocycles. The van der Waals surface area contributed by atoms with Crippen LogP contribution in [0.25, 0.3) is 11.4 Å². The Morgan fingerprint density at radius 1 is 1.06 bits per heavy atom. The fourth-order valence-corrected chi connectivity index (χ4v) is 3.87. The van der Waals surface area contributed by atoms with Gasteiger partial charge in [-0.3, -0.25) is 19.9 Å². The summed E-state index contributed by atoms with van der Waals surface area (Å²) in [6.45, 7) is 4.15. The maximum absolute atomic E-state index is 13.1. The van der Waals surface area contributed by atoms with Crippen molar-refractivity contribution in [1.82, 2.24) is 14.5 Å². The van der Waals surface area contributed by atoms with E-state index in [1.165, 1.54) is 46.4 Å². The Kier molecular flexibility index (Phi) is 5.73. The lowest BCUT2D eigenvalue weighted by Crippen LogP contribution is -2.22. The summed E-state index contributed by atoms with van der Waals surface area (Å²) in [5.41, 5.74) is 4.25. The molecule has 1 aromatic carbocycles. The van der Waals surface area contributed by atoms with Crippen molar-refractivity contribution < 1.29 is 9.18 Å². The van der Waals surface area contributed by atoms with Crippen molar-refractivity contribution in [3.63, 3.8) is 0 Å². The van der Waals surface area contributed by atoms with Gasteiger partial charge in [-0.05, 0) is 55.3 Å². The molecule has 6 nitrogen and oxygen atoms in total. The molecule has 0 unspecified atom stereocenters. The first kappa shape index (κ1) is 20.6. The quantitative estimate of drug-likeness (QED) is 0.504. The Hall–Kier alpha value is -3.65. The third-order valence-corrected chi connectivity index (χ3v) is 5.35. The number of anilines is 1. The molecule has 0 atom stereocenters. The van der Waals surface area contributed by atoms with Crippen molar-refractivity contribution in [3.05, 3.63) is 98.7 Å². The minimum absolute atomic E-state index is 0.236. The number of carbonyl (C=O) groups is 1. The van der Waals surface area contributed by atoms with Crippen molar-refractivity contribution >= 4 is 22.4 Å². The maximum atomic E-state index is 13.1. The fraction of sp³-hybridized carbons (Fsp3) is 0.130. The van der Waals surface area contributed by atoms with E-state index >= 15 is 0 Å². The van der Waals surface area contributed by atoms with Gasteiger partial charge in [0.2, 0.25) is 0 Å². The molecular weight excluding hydrogens is 415 g/mol. The van der Waals surface area contributed by atoms with Gasteiger partial charge in [0, 0.05) is 23.3 Å². The first-order valence-electron chi connectivity index (χ1n) is 9.55. The van der Waals surface area contributed by atoms with E-state index in [4.69, 9.17) is 0 Å². The van der Waals surface area contributed by atoms with Gasteiger partial charge in [-0.15, -0.1) is 11.3 Å². The van der Waals surface area contributed by atoms with Crippen LogP contribution in [-0.2, 0) is 6.54 Å². The molecule has 1 N–H and O–H groups in total. The number of rotatable bonds is 5. The van der Waals surface area contributed by atoms with Gasteiger partial charge >= 0.3 is 0 Å². The zero-order chi connectivity index (χ0) is 22.0. The second kappa shape index (κ2) is 8.61. The summed E-state index contributed by atoms with van der Waals surface area (Å²) in [5.74, 6) is -0.717. The Morgan fingerprint density at radius 2 is 1.84 bits per heavy atom. The van der Waals surface area contributed by atoms with Crippen LogP contribution in [0.1, 0.15) is 27.2 Å². The summed E-state index contributed by atoms with van der Waals surface area (Å²) < 4.78 is 14.5. The van der Waals surface area contributed by atoms with E-state index in [0.717, 1.165) is 22.5 Å². The van der Waals surface area contributed by atoms with Gasteiger partial charge in [0.1, 0.15) is 11.5 Å². The van der Waals surface area contributed by atoms with E-state index < -0.39 is 0 Å². The Bertz CT molecular complexity index is 1290. The predicted molar refractivity (Wildman–Crippen MR) is 119 cm³/mol. The van der Waals surface area contributed by atoms with Crippen LogP contribution in [0.15, 0.2) is 64.9 Å². The van der Waals surface area contributed by atoms with Crippen molar-refractivity contribution in [2.45, 2.75) is 20.4 Å². The number of halogens is 1. The first-order valence-corrected chi connectivity index (χ1v) is 10.4. The lowest BCUT2D eigenvalue weighted by atomic mass is 10.2. The Labute approximate surface area is 182 Å². The van der Waals surface area contributed by atoms with Crippen LogP contribution in [0, 0.1) is 19.7 Å². The molecule has 0 saturated carbocycles. The smallest absolute Gasteiger partial charge is 0.258 e. The number of thiazole rings is 1. The monoisotopic (exact) mass is 434 g/mol. The summed E-state index contributed by atoms with van der Waals surface area (Å²) in [6, 6.07) is 12.6. The van der Waals surface area contributed by atoms with E-state index in [9.17, 15) is 14.0 Å². The lowest BCUT2D eigenvalue weighted by molar-refractivity contribution is 0.102. The number of carbonyl (C=O) groups excluding carboxylic acids is 1. The number of aryl methyl sites for hydroxylation is 2. The lowest BCUT2D eigenvalue weighted by Gasteiger charge is -2.08. The molecule has 156 valence electrons. The molecule has 0 aliphatic heterocycles. The fourth-order valence-electron chi connectivity index (χ4n) is 3.17. The molecule has 0 aliphatic rings. The van der Waals surface area contributed by atoms with Gasteiger partial charge in [-0.1, -0.05) is 12.1 Å². The molecule has 0 saturated heterocycles. The first-order chi connectivity index (χ1) is 14.9. The molecule has 0 bridgehead atoms. The van der Waals surface area contributed by atoms with E-state index in [0.29, 0.717) is 16.4 Å². The average molecular weight is 434 g/mol. The number of pyridine rings is 2. The van der Waals surface area contributed by atoms with Gasteiger partial charge in [0.05, 0.1) is 17.8 Å². The molecular formula is C23H19FN4O2S. The Balaban J connectivity index is 1.52. The topological polar surface area (TPSA) is 76.9 Å². The average Bonchev–Trinajstić information content (AvgIpc) is 3.19. The van der Waals surface area contributed by atoms with Crippen LogP contribution in [0.2, 0.25) is 0 Å². The maximum Gasteiger partial charge on any atom is 0.258 e. The molecule has 8 heteroatoms. The number of hydrogen-bond acceptors (Lipinski definition) is 5. The highest BCUT2D eigenvalue weighted by molar-refractivity contribution is 7.14. The summed E-state index contributed by atoms with van der Waals surface area (Å²) in [4.78, 5) is 33.8. The standard InChI is InChI=1S/C23H19FN4O2S/c1-14-9-15(2)25-19(10-14)20-13-31-23(26-20)27-22(30)17-5-8-21(29)28(12-17)11-16-3-6-18(24)7-4-16/h3-10,12-13H,11H2,1-2H3,(H,26,27,30). The van der Waals surface area contributed by atoms with E-state index in [1.54, 1.807) is 12.1 Å². The van der Waals surface area contributed by atoms with Gasteiger partial charge in [-0.25, -0.2) is 9.37 Å². The van der Waals surface area contributed by atoms with Crippen LogP contribution >= 0.6 is 11.3 Å². The zero-order valence-electron chi connectivity index (χ0n) is 16.9. The second-order valence-corrected chi connectivity index (χ2v) is 8.03. The van der Waals surface area contributed by atoms with Gasteiger partial charge in [0.15, 0.2) is 5.13 Å². The molecule has 0 aliphatic carbocycles. The summed E-state index contributed by atoms with van der Waals surface area (Å²) in [5, 5.41) is 5.05. The zero-order valence-corrected chi connectivity index (χ0v) is 17.7. The van der Waals surface area contributed by atoms with Gasteiger partial charge in [0.25, 0.3) is 11.5 Å². The minimum atomic E-state index is -0.373. The van der Waals surface area contributed by atoms with Crippen LogP contribution in [0.3, 0.4) is 0 Å². The van der Waals surface area contributed by atoms with Crippen molar-refractivity contribution in [2.24, 2.45) is 0 Å². The largest absolute Gasteiger partial charge is 0.310 e. The number of nitrogens with zero attached hydrogens (tertiary/aromatic N) is 3. The molecule has 0 spiro atoms. The predicted octanol–water partition coefficient (Wildman–Crippen LogP) is 4.42. The highest BCUT2D eigenvalue weighted by Gasteiger charge is 2.13. The third-order valence-electron chi connectivity index (χ3n) is 4.60. The van der Waals surface area contributed by atoms with E-state index in [2.05, 4.69) is 15.3 Å². The molecule has 1 amide bonds. The van der Waals surface area contributed by atoms with Crippen LogP contribution in [-0.4, -0.2) is 20.4 Å². The summed E-state index contributed by atoms with van der Waals surface area (Å²) in [7, 11) is 0. The highest BCUT2D eigenvalue weighted by Crippen LogP contribution is 2.25. The molecule has 0 radical (unpaired) electrons.